The second-order valence-electron chi connectivity index (χ2n) is 5.31. The van der Waals surface area contributed by atoms with Crippen LogP contribution in [0.2, 0.25) is 0 Å². The summed E-state index contributed by atoms with van der Waals surface area (Å²) in [5.74, 6) is 2.76. The van der Waals surface area contributed by atoms with Crippen LogP contribution in [0.3, 0.4) is 0 Å². The maximum Gasteiger partial charge on any atom is 0.177 e. The average molecular weight is 222 g/mol. The predicted octanol–water partition coefficient (Wildman–Crippen LogP) is 0.550. The quantitative estimate of drug-likeness (QED) is 0.811. The minimum atomic E-state index is -0.278. The van der Waals surface area contributed by atoms with Crippen LogP contribution in [0.1, 0.15) is 31.5 Å². The Kier molecular flexibility index (Phi) is 2.42. The highest BCUT2D eigenvalue weighted by Crippen LogP contribution is 2.49. The number of fused-ring (bicyclic) bond motifs is 2. The summed E-state index contributed by atoms with van der Waals surface area (Å²) in [6, 6.07) is 0. The van der Waals surface area contributed by atoms with E-state index >= 15 is 0 Å². The molecule has 5 nitrogen and oxygen atoms in total. The Morgan fingerprint density at radius 3 is 2.88 bits per heavy atom. The molecular formula is C11H18N4O. The monoisotopic (exact) mass is 222 g/mol. The van der Waals surface area contributed by atoms with Gasteiger partial charge in [-0.3, -0.25) is 0 Å². The summed E-state index contributed by atoms with van der Waals surface area (Å²) in [7, 11) is 1.75. The van der Waals surface area contributed by atoms with E-state index in [0.717, 1.165) is 11.8 Å². The van der Waals surface area contributed by atoms with Crippen LogP contribution in [0.4, 0.5) is 0 Å². The van der Waals surface area contributed by atoms with Gasteiger partial charge >= 0.3 is 0 Å². The van der Waals surface area contributed by atoms with Crippen LogP contribution in [-0.2, 0) is 13.5 Å². The van der Waals surface area contributed by atoms with Gasteiger partial charge in [0, 0.05) is 6.42 Å². The van der Waals surface area contributed by atoms with Crippen molar-refractivity contribution in [1.82, 2.24) is 20.2 Å². The van der Waals surface area contributed by atoms with E-state index in [4.69, 9.17) is 0 Å². The standard InChI is InChI=1S/C11H18N4O/c1-15-13-11(12-14-15)6-10(16)9-5-7-2-3-8(9)4-7/h7-10,16H,2-6H2,1H3. The van der Waals surface area contributed by atoms with Crippen molar-refractivity contribution < 1.29 is 5.11 Å². The summed E-state index contributed by atoms with van der Waals surface area (Å²) in [5, 5.41) is 22.1. The molecule has 0 spiro atoms. The summed E-state index contributed by atoms with van der Waals surface area (Å²) >= 11 is 0. The highest BCUT2D eigenvalue weighted by atomic mass is 16.3. The van der Waals surface area contributed by atoms with Gasteiger partial charge < -0.3 is 5.11 Å². The molecule has 2 saturated carbocycles. The summed E-state index contributed by atoms with van der Waals surface area (Å²) in [5.41, 5.74) is 0. The Balaban J connectivity index is 1.63. The first kappa shape index (κ1) is 10.2. The molecule has 0 aliphatic heterocycles. The first-order valence-electron chi connectivity index (χ1n) is 6.13. The van der Waals surface area contributed by atoms with Gasteiger partial charge in [-0.05, 0) is 42.2 Å². The minimum Gasteiger partial charge on any atom is -0.392 e. The summed E-state index contributed by atoms with van der Waals surface area (Å²) in [6.45, 7) is 0. The van der Waals surface area contributed by atoms with Gasteiger partial charge in [0.05, 0.1) is 13.2 Å². The van der Waals surface area contributed by atoms with Crippen LogP contribution in [0.5, 0.6) is 0 Å². The molecule has 3 rings (SSSR count). The fourth-order valence-corrected chi connectivity index (χ4v) is 3.51. The number of aliphatic hydroxyl groups is 1. The summed E-state index contributed by atoms with van der Waals surface area (Å²) in [6.07, 6.45) is 5.49. The van der Waals surface area contributed by atoms with E-state index < -0.39 is 0 Å². The van der Waals surface area contributed by atoms with E-state index in [0.29, 0.717) is 18.2 Å². The van der Waals surface area contributed by atoms with Gasteiger partial charge in [0.2, 0.25) is 0 Å². The average Bonchev–Trinajstić information content (AvgIpc) is 2.93. The van der Waals surface area contributed by atoms with Crippen LogP contribution in [0.15, 0.2) is 0 Å². The number of aryl methyl sites for hydroxylation is 1. The van der Waals surface area contributed by atoms with Crippen LogP contribution in [0.25, 0.3) is 0 Å². The van der Waals surface area contributed by atoms with Crippen molar-refractivity contribution in [3.8, 4) is 0 Å². The molecule has 1 aromatic rings. The first-order chi connectivity index (χ1) is 7.72. The van der Waals surface area contributed by atoms with Gasteiger partial charge in [0.1, 0.15) is 0 Å². The van der Waals surface area contributed by atoms with Crippen LogP contribution < -0.4 is 0 Å². The van der Waals surface area contributed by atoms with Gasteiger partial charge in [-0.15, -0.1) is 10.2 Å². The molecule has 0 saturated heterocycles. The second-order valence-corrected chi connectivity index (χ2v) is 5.31. The fourth-order valence-electron chi connectivity index (χ4n) is 3.51. The maximum atomic E-state index is 10.2. The Bertz CT molecular complexity index is 378. The fraction of sp³-hybridized carbons (Fsp3) is 0.909. The van der Waals surface area contributed by atoms with Crippen molar-refractivity contribution in [2.75, 3.05) is 0 Å². The van der Waals surface area contributed by atoms with Crippen molar-refractivity contribution in [2.24, 2.45) is 24.8 Å². The molecule has 2 aliphatic rings. The molecule has 0 amide bonds. The van der Waals surface area contributed by atoms with Crippen molar-refractivity contribution in [1.29, 1.82) is 0 Å². The number of aliphatic hydroxyl groups excluding tert-OH is 1. The number of hydrogen-bond acceptors (Lipinski definition) is 4. The smallest absolute Gasteiger partial charge is 0.177 e. The molecule has 0 radical (unpaired) electrons. The lowest BCUT2D eigenvalue weighted by molar-refractivity contribution is 0.0733. The zero-order valence-corrected chi connectivity index (χ0v) is 9.58. The van der Waals surface area contributed by atoms with Crippen molar-refractivity contribution in [3.05, 3.63) is 5.82 Å². The van der Waals surface area contributed by atoms with Gasteiger partial charge in [-0.2, -0.15) is 4.80 Å². The number of nitrogens with zero attached hydrogens (tertiary/aromatic N) is 4. The highest BCUT2D eigenvalue weighted by Gasteiger charge is 2.42. The zero-order chi connectivity index (χ0) is 11.1. The van der Waals surface area contributed by atoms with E-state index in [1.54, 1.807) is 7.05 Å². The molecule has 88 valence electrons. The molecule has 1 N–H and O–H groups in total. The SMILES string of the molecule is Cn1nnc(CC(O)C2CC3CCC2C3)n1. The molecule has 1 aromatic heterocycles. The molecule has 1 heterocycles. The van der Waals surface area contributed by atoms with Gasteiger partial charge in [0.15, 0.2) is 5.82 Å². The maximum absolute atomic E-state index is 10.2. The molecule has 2 aliphatic carbocycles. The number of rotatable bonds is 3. The number of aromatic nitrogens is 4. The van der Waals surface area contributed by atoms with E-state index in [1.165, 1.54) is 30.5 Å². The second kappa shape index (κ2) is 3.80. The molecule has 4 unspecified atom stereocenters. The zero-order valence-electron chi connectivity index (χ0n) is 9.58. The lowest BCUT2D eigenvalue weighted by Gasteiger charge is -2.25. The molecular weight excluding hydrogens is 204 g/mol. The van der Waals surface area contributed by atoms with Crippen LogP contribution in [-0.4, -0.2) is 31.4 Å². The van der Waals surface area contributed by atoms with Gasteiger partial charge in [0.25, 0.3) is 0 Å². The summed E-state index contributed by atoms with van der Waals surface area (Å²) in [4.78, 5) is 1.45. The predicted molar refractivity (Wildman–Crippen MR) is 57.4 cm³/mol. The topological polar surface area (TPSA) is 63.8 Å². The largest absolute Gasteiger partial charge is 0.392 e. The van der Waals surface area contributed by atoms with E-state index in [2.05, 4.69) is 15.4 Å². The molecule has 5 heteroatoms. The third kappa shape index (κ3) is 1.73. The highest BCUT2D eigenvalue weighted by molar-refractivity contribution is 4.95. The lowest BCUT2D eigenvalue weighted by atomic mass is 9.83. The third-order valence-corrected chi connectivity index (χ3v) is 4.23. The molecule has 2 fully saturated rings. The molecule has 16 heavy (non-hydrogen) atoms. The summed E-state index contributed by atoms with van der Waals surface area (Å²) < 4.78 is 0. The number of tetrazole rings is 1. The normalized spacial score (nSPS) is 34.5. The van der Waals surface area contributed by atoms with Gasteiger partial charge in [-0.1, -0.05) is 6.42 Å². The Morgan fingerprint density at radius 1 is 1.44 bits per heavy atom. The molecule has 0 aromatic carbocycles. The van der Waals surface area contributed by atoms with Crippen molar-refractivity contribution in [2.45, 2.75) is 38.2 Å². The number of hydrogen-bond donors (Lipinski definition) is 1. The Labute approximate surface area is 94.8 Å². The lowest BCUT2D eigenvalue weighted by Crippen LogP contribution is -2.28. The van der Waals surface area contributed by atoms with Gasteiger partial charge in [-0.25, -0.2) is 0 Å². The third-order valence-electron chi connectivity index (χ3n) is 4.23. The van der Waals surface area contributed by atoms with Crippen LogP contribution in [0, 0.1) is 17.8 Å². The first-order valence-corrected chi connectivity index (χ1v) is 6.13. The van der Waals surface area contributed by atoms with Crippen molar-refractivity contribution >= 4 is 0 Å². The van der Waals surface area contributed by atoms with Crippen molar-refractivity contribution in [3.63, 3.8) is 0 Å². The van der Waals surface area contributed by atoms with Crippen LogP contribution >= 0.6 is 0 Å². The van der Waals surface area contributed by atoms with E-state index in [1.807, 2.05) is 0 Å². The molecule has 2 bridgehead atoms. The molecule has 4 atom stereocenters. The van der Waals surface area contributed by atoms with E-state index in [-0.39, 0.29) is 6.10 Å². The minimum absolute atomic E-state index is 0.278. The Hall–Kier alpha value is -0.970. The Morgan fingerprint density at radius 2 is 2.31 bits per heavy atom. The van der Waals surface area contributed by atoms with E-state index in [9.17, 15) is 5.11 Å².